The lowest BCUT2D eigenvalue weighted by Crippen LogP contribution is -2.37. The minimum Gasteiger partial charge on any atom is -0.311 e. The molecular formula is C86H69N3. The Balaban J connectivity index is 0.926. The Morgan fingerprint density at radius 3 is 1.18 bits per heavy atom. The smallest absolute Gasteiger partial charge is 0.0736 e. The topological polar surface area (TPSA) is 9.72 Å². The lowest BCUT2D eigenvalue weighted by molar-refractivity contribution is 0.732. The molecule has 0 aliphatic carbocycles. The fraction of sp³-hybridized carbons (Fsp3) is 0.0930. The maximum atomic E-state index is 5.27. The number of benzene rings is 14. The highest BCUT2D eigenvalue weighted by molar-refractivity contribution is 6.27. The second-order valence-corrected chi connectivity index (χ2v) is 24.3. The molecule has 0 unspecified atom stereocenters. The van der Waals surface area contributed by atoms with Gasteiger partial charge in [0, 0.05) is 39.8 Å². The number of anilines is 8. The summed E-state index contributed by atoms with van der Waals surface area (Å²) in [6.45, 7) is 20.8. The third-order valence-corrected chi connectivity index (χ3v) is 19.5. The SMILES string of the molecule is C=C(/C=C\C(=C/C)N(c1cc(C)c(C)c(C)c1)c1ccc2c3ccccc3c3ccccc3c2c1)C1(c2ccc(N(c3cc(C)c(C)c(C)c3)c3ccc4c5ccccc5c5ccccc5c4c3)cc2)c2ccccc2N(c2ccccc2)c2ccccc21. The Morgan fingerprint density at radius 1 is 0.348 bits per heavy atom. The summed E-state index contributed by atoms with van der Waals surface area (Å²) < 4.78 is 0. The first-order chi connectivity index (χ1) is 43.5. The molecule has 14 aromatic carbocycles. The van der Waals surface area contributed by atoms with E-state index in [-0.39, 0.29) is 0 Å². The van der Waals surface area contributed by atoms with E-state index in [4.69, 9.17) is 6.58 Å². The molecule has 1 heterocycles. The van der Waals surface area contributed by atoms with Crippen LogP contribution < -0.4 is 14.7 Å². The van der Waals surface area contributed by atoms with Crippen molar-refractivity contribution in [3.05, 3.63) is 347 Å². The molecule has 0 aromatic heterocycles. The highest BCUT2D eigenvalue weighted by Gasteiger charge is 2.46. The predicted molar refractivity (Wildman–Crippen MR) is 383 cm³/mol. The molecule has 0 saturated heterocycles. The van der Waals surface area contributed by atoms with Crippen LogP contribution in [0.25, 0.3) is 64.6 Å². The fourth-order valence-electron chi connectivity index (χ4n) is 14.7. The standard InChI is InChI=1S/C86H69N3/c1-9-63(87(68-49-55(2)60(7)56(3)50-68)66-45-47-78-74-31-15-13-27-70(74)72-29-17-19-33-76(72)80(78)53-66)42-39-59(6)86(82-35-21-23-37-84(82)89(64-25-11-10-12-26-64)85-38-24-22-36-83(85)86)62-40-43-65(44-41-62)88(69-51-57(4)61(8)58(5)52-69)67-46-48-79-75-32-16-14-28-71(75)73-30-18-20-34-77(73)81(79)54-67/h9-54H,6H2,1-5,7-8H3/b42-39-,63-9+. The van der Waals surface area contributed by atoms with E-state index in [1.807, 2.05) is 0 Å². The maximum absolute atomic E-state index is 5.27. The third-order valence-electron chi connectivity index (χ3n) is 19.5. The van der Waals surface area contributed by atoms with Crippen molar-refractivity contribution in [2.45, 2.75) is 53.9 Å². The summed E-state index contributed by atoms with van der Waals surface area (Å²) in [6.07, 6.45) is 6.85. The van der Waals surface area contributed by atoms with Crippen LogP contribution in [-0.2, 0) is 5.41 Å². The lowest BCUT2D eigenvalue weighted by Gasteiger charge is -2.46. The number of hydrogen-bond acceptors (Lipinski definition) is 3. The number of hydrogen-bond donors (Lipinski definition) is 0. The zero-order valence-corrected chi connectivity index (χ0v) is 51.6. The quantitative estimate of drug-likeness (QED) is 0.0944. The summed E-state index contributed by atoms with van der Waals surface area (Å²) in [5.41, 5.74) is 20.9. The van der Waals surface area contributed by atoms with E-state index in [0.29, 0.717) is 0 Å². The summed E-state index contributed by atoms with van der Waals surface area (Å²) >= 11 is 0. The Kier molecular flexibility index (Phi) is 13.5. The molecule has 0 radical (unpaired) electrons. The Bertz CT molecular complexity index is 5090. The zero-order valence-electron chi connectivity index (χ0n) is 51.6. The second-order valence-electron chi connectivity index (χ2n) is 24.3. The normalized spacial score (nSPS) is 13.0. The van der Waals surface area contributed by atoms with Crippen LogP contribution in [0.5, 0.6) is 0 Å². The number of rotatable bonds is 11. The van der Waals surface area contributed by atoms with Crippen LogP contribution in [0.4, 0.5) is 45.5 Å². The number of allylic oxidation sites excluding steroid dienone is 4. The van der Waals surface area contributed by atoms with Gasteiger partial charge in [0.05, 0.1) is 16.8 Å². The minimum atomic E-state index is -0.859. The van der Waals surface area contributed by atoms with Gasteiger partial charge >= 0.3 is 0 Å². The van der Waals surface area contributed by atoms with Gasteiger partial charge in [-0.3, -0.25) is 0 Å². The summed E-state index contributed by atoms with van der Waals surface area (Å²) in [4.78, 5) is 7.32. The van der Waals surface area contributed by atoms with Gasteiger partial charge < -0.3 is 14.7 Å². The Hall–Kier alpha value is -10.7. The van der Waals surface area contributed by atoms with Gasteiger partial charge in [-0.15, -0.1) is 0 Å². The largest absolute Gasteiger partial charge is 0.311 e. The molecule has 0 N–H and O–H groups in total. The van der Waals surface area contributed by atoms with Crippen molar-refractivity contribution in [3.63, 3.8) is 0 Å². The van der Waals surface area contributed by atoms with Gasteiger partial charge in [-0.05, 0) is 260 Å². The molecular weight excluding hydrogens is 1070 g/mol. The van der Waals surface area contributed by atoms with E-state index in [1.165, 1.54) is 98.0 Å². The molecule has 14 aromatic rings. The molecule has 0 spiro atoms. The van der Waals surface area contributed by atoms with Crippen LogP contribution in [0, 0.1) is 41.5 Å². The van der Waals surface area contributed by atoms with E-state index < -0.39 is 5.41 Å². The molecule has 89 heavy (non-hydrogen) atoms. The van der Waals surface area contributed by atoms with E-state index in [0.717, 1.165) is 73.5 Å². The van der Waals surface area contributed by atoms with Crippen LogP contribution in [0.2, 0.25) is 0 Å². The molecule has 1 aliphatic heterocycles. The van der Waals surface area contributed by atoms with Crippen molar-refractivity contribution in [3.8, 4) is 0 Å². The van der Waals surface area contributed by atoms with Gasteiger partial charge in [-0.25, -0.2) is 0 Å². The number of para-hydroxylation sites is 3. The minimum absolute atomic E-state index is 0.859. The average Bonchev–Trinajstić information content (AvgIpc) is 0.745. The van der Waals surface area contributed by atoms with E-state index in [9.17, 15) is 0 Å². The summed E-state index contributed by atoms with van der Waals surface area (Å²) in [6, 6.07) is 97.0. The van der Waals surface area contributed by atoms with Gasteiger partial charge in [0.1, 0.15) is 0 Å². The number of nitrogens with zero attached hydrogens (tertiary/aromatic N) is 3. The first-order valence-electron chi connectivity index (χ1n) is 31.1. The van der Waals surface area contributed by atoms with Crippen molar-refractivity contribution in [1.82, 2.24) is 0 Å². The molecule has 1 aliphatic rings. The van der Waals surface area contributed by atoms with Crippen molar-refractivity contribution in [2.24, 2.45) is 0 Å². The van der Waals surface area contributed by atoms with Gasteiger partial charge in [-0.2, -0.15) is 0 Å². The van der Waals surface area contributed by atoms with Crippen molar-refractivity contribution in [1.29, 1.82) is 0 Å². The van der Waals surface area contributed by atoms with E-state index in [1.54, 1.807) is 0 Å². The van der Waals surface area contributed by atoms with Gasteiger partial charge in [0.2, 0.25) is 0 Å². The summed E-state index contributed by atoms with van der Waals surface area (Å²) in [5, 5.41) is 15.0. The predicted octanol–water partition coefficient (Wildman–Crippen LogP) is 23.9. The summed E-state index contributed by atoms with van der Waals surface area (Å²) in [7, 11) is 0. The van der Waals surface area contributed by atoms with Crippen molar-refractivity contribution >= 4 is 110 Å². The number of aryl methyl sites for hydroxylation is 4. The molecule has 0 fully saturated rings. The fourth-order valence-corrected chi connectivity index (χ4v) is 14.7. The molecule has 0 bridgehead atoms. The van der Waals surface area contributed by atoms with Crippen LogP contribution in [0.15, 0.2) is 297 Å². The second kappa shape index (κ2) is 21.9. The Labute approximate surface area is 522 Å². The van der Waals surface area contributed by atoms with Gasteiger partial charge in [0.25, 0.3) is 0 Å². The van der Waals surface area contributed by atoms with Crippen LogP contribution >= 0.6 is 0 Å². The Morgan fingerprint density at radius 2 is 0.719 bits per heavy atom. The zero-order chi connectivity index (χ0) is 60.7. The summed E-state index contributed by atoms with van der Waals surface area (Å²) in [5.74, 6) is 0. The van der Waals surface area contributed by atoms with Gasteiger partial charge in [-0.1, -0.05) is 195 Å². The third kappa shape index (κ3) is 8.86. The molecule has 428 valence electrons. The maximum Gasteiger partial charge on any atom is 0.0736 e. The molecule has 3 heteroatoms. The van der Waals surface area contributed by atoms with Crippen LogP contribution in [0.1, 0.15) is 57.0 Å². The highest BCUT2D eigenvalue weighted by atomic mass is 15.2. The molecule has 0 saturated carbocycles. The van der Waals surface area contributed by atoms with Crippen molar-refractivity contribution < 1.29 is 0 Å². The van der Waals surface area contributed by atoms with E-state index >= 15 is 0 Å². The van der Waals surface area contributed by atoms with Crippen LogP contribution in [-0.4, -0.2) is 0 Å². The lowest BCUT2D eigenvalue weighted by atomic mass is 9.62. The molecule has 0 atom stereocenters. The highest BCUT2D eigenvalue weighted by Crippen LogP contribution is 2.58. The monoisotopic (exact) mass is 1140 g/mol. The van der Waals surface area contributed by atoms with Crippen molar-refractivity contribution in [2.75, 3.05) is 14.7 Å². The molecule has 0 amide bonds. The average molecular weight is 1140 g/mol. The first-order valence-corrected chi connectivity index (χ1v) is 31.1. The molecule has 15 rings (SSSR count). The van der Waals surface area contributed by atoms with Gasteiger partial charge in [0.15, 0.2) is 0 Å². The number of fused-ring (bicyclic) bond motifs is 14. The van der Waals surface area contributed by atoms with E-state index in [2.05, 4.69) is 342 Å². The van der Waals surface area contributed by atoms with Crippen LogP contribution in [0.3, 0.4) is 0 Å². The molecule has 3 nitrogen and oxygen atoms in total. The first kappa shape index (κ1) is 54.9.